The number of hydrogen-bond donors (Lipinski definition) is 0. The maximum Gasteiger partial charge on any atom is 0.143 e. The predicted molar refractivity (Wildman–Crippen MR) is 280 cm³/mol. The summed E-state index contributed by atoms with van der Waals surface area (Å²) in [5.74, 6) is 0. The van der Waals surface area contributed by atoms with Crippen molar-refractivity contribution in [1.82, 2.24) is 0 Å². The molecule has 0 amide bonds. The zero-order valence-corrected chi connectivity index (χ0v) is 36.7. The summed E-state index contributed by atoms with van der Waals surface area (Å²) in [6.45, 7) is 0. The third-order valence-corrected chi connectivity index (χ3v) is 14.0. The van der Waals surface area contributed by atoms with Gasteiger partial charge in [0.2, 0.25) is 0 Å². The molecule has 0 atom stereocenters. The summed E-state index contributed by atoms with van der Waals surface area (Å²) < 4.78 is 6.90. The van der Waals surface area contributed by atoms with E-state index in [1.165, 1.54) is 55.6 Å². The van der Waals surface area contributed by atoms with E-state index in [4.69, 9.17) is 4.42 Å². The lowest BCUT2D eigenvalue weighted by Crippen LogP contribution is -2.29. The van der Waals surface area contributed by atoms with Gasteiger partial charge in [0.1, 0.15) is 11.2 Å². The van der Waals surface area contributed by atoms with Crippen LogP contribution >= 0.6 is 0 Å². The molecular formula is C65H43NO. The summed E-state index contributed by atoms with van der Waals surface area (Å²) in [6.07, 6.45) is 0. The number of nitrogens with zero attached hydrogens (tertiary/aromatic N) is 1. The third-order valence-electron chi connectivity index (χ3n) is 14.0. The van der Waals surface area contributed by atoms with E-state index in [9.17, 15) is 0 Å². The van der Waals surface area contributed by atoms with E-state index in [-0.39, 0.29) is 0 Å². The van der Waals surface area contributed by atoms with E-state index in [0.29, 0.717) is 0 Å². The zero-order valence-electron chi connectivity index (χ0n) is 36.7. The van der Waals surface area contributed by atoms with Gasteiger partial charge in [-0.3, -0.25) is 0 Å². The van der Waals surface area contributed by atoms with Crippen molar-refractivity contribution in [2.45, 2.75) is 5.41 Å². The second-order valence-electron chi connectivity index (χ2n) is 17.5. The lowest BCUT2D eigenvalue weighted by Gasteiger charge is -2.35. The van der Waals surface area contributed by atoms with Crippen LogP contribution in [-0.2, 0) is 5.41 Å². The number of fused-ring (bicyclic) bond motifs is 8. The van der Waals surface area contributed by atoms with Crippen molar-refractivity contribution in [1.29, 1.82) is 0 Å². The summed E-state index contributed by atoms with van der Waals surface area (Å²) in [5, 5.41) is 4.39. The van der Waals surface area contributed by atoms with Gasteiger partial charge >= 0.3 is 0 Å². The number of para-hydroxylation sites is 1. The highest BCUT2D eigenvalue weighted by Gasteiger charge is 2.47. The lowest BCUT2D eigenvalue weighted by atomic mass is 9.66. The minimum atomic E-state index is -0.497. The van der Waals surface area contributed by atoms with Crippen LogP contribution in [0.3, 0.4) is 0 Å². The van der Waals surface area contributed by atoms with Gasteiger partial charge < -0.3 is 9.32 Å². The van der Waals surface area contributed by atoms with Gasteiger partial charge in [-0.1, -0.05) is 224 Å². The number of furan rings is 1. The Bertz CT molecular complexity index is 3720. The average molecular weight is 854 g/mol. The Morgan fingerprint density at radius 2 is 0.821 bits per heavy atom. The number of rotatable bonds is 8. The van der Waals surface area contributed by atoms with Crippen molar-refractivity contribution < 1.29 is 4.42 Å². The highest BCUT2D eigenvalue weighted by atomic mass is 16.3. The molecule has 0 saturated heterocycles. The van der Waals surface area contributed by atoms with Gasteiger partial charge in [0.05, 0.1) is 11.1 Å². The molecule has 0 N–H and O–H groups in total. The Morgan fingerprint density at radius 3 is 1.52 bits per heavy atom. The zero-order chi connectivity index (χ0) is 44.3. The Hall–Kier alpha value is -8.72. The van der Waals surface area contributed by atoms with Gasteiger partial charge in [0.25, 0.3) is 0 Å². The molecule has 11 aromatic carbocycles. The smallest absolute Gasteiger partial charge is 0.143 e. The Morgan fingerprint density at radius 1 is 0.328 bits per heavy atom. The van der Waals surface area contributed by atoms with E-state index in [1.54, 1.807) is 0 Å². The van der Waals surface area contributed by atoms with E-state index >= 15 is 0 Å². The van der Waals surface area contributed by atoms with Crippen molar-refractivity contribution in [2.75, 3.05) is 4.90 Å². The standard InChI is InChI=1S/C65H43NO/c1-5-19-44(20-6-1)45-39-41-51(42-40-45)66(50-25-11-4-12-26-50)60-43-58-62-52(30-18-34-61(62)67-64(58)57-29-14-13-28-55(57)60)46-35-37-47(38-36-46)53-31-17-32-56-54-27-15-16-33-59(54)65(63(53)56,48-21-7-2-8-22-48)49-23-9-3-10-24-49/h1-43H. The minimum Gasteiger partial charge on any atom is -0.455 e. The molecule has 314 valence electrons. The summed E-state index contributed by atoms with van der Waals surface area (Å²) in [4.78, 5) is 2.38. The molecule has 0 spiro atoms. The van der Waals surface area contributed by atoms with Gasteiger partial charge in [0, 0.05) is 32.9 Å². The van der Waals surface area contributed by atoms with Crippen molar-refractivity contribution in [2.24, 2.45) is 0 Å². The fourth-order valence-corrected chi connectivity index (χ4v) is 11.1. The van der Waals surface area contributed by atoms with Gasteiger partial charge in [-0.2, -0.15) is 0 Å². The van der Waals surface area contributed by atoms with Crippen LogP contribution in [0.1, 0.15) is 22.3 Å². The Balaban J connectivity index is 0.979. The summed E-state index contributed by atoms with van der Waals surface area (Å²) in [7, 11) is 0. The topological polar surface area (TPSA) is 16.4 Å². The number of hydrogen-bond acceptors (Lipinski definition) is 2. The maximum atomic E-state index is 6.90. The first-order chi connectivity index (χ1) is 33.3. The van der Waals surface area contributed by atoms with Crippen molar-refractivity contribution in [3.63, 3.8) is 0 Å². The molecule has 0 radical (unpaired) electrons. The molecule has 0 bridgehead atoms. The van der Waals surface area contributed by atoms with Gasteiger partial charge in [-0.05, 0) is 103 Å². The predicted octanol–water partition coefficient (Wildman–Crippen LogP) is 17.6. The summed E-state index contributed by atoms with van der Waals surface area (Å²) >= 11 is 0. The van der Waals surface area contributed by atoms with Crippen LogP contribution in [0.2, 0.25) is 0 Å². The Labute approximate surface area is 390 Å². The lowest BCUT2D eigenvalue weighted by molar-refractivity contribution is 0.673. The SMILES string of the molecule is c1ccc(-c2ccc(N(c3ccccc3)c3cc4c(oc5cccc(-c6ccc(-c7cccc8c7C(c7ccccc7)(c7ccccc7)c7ccccc7-8)cc6)c54)c4ccccc34)cc2)cc1. The fraction of sp³-hybridized carbons (Fsp3) is 0.0154. The van der Waals surface area contributed by atoms with Crippen LogP contribution < -0.4 is 4.90 Å². The van der Waals surface area contributed by atoms with E-state index in [2.05, 4.69) is 266 Å². The molecule has 67 heavy (non-hydrogen) atoms. The van der Waals surface area contributed by atoms with E-state index in [0.717, 1.165) is 60.9 Å². The van der Waals surface area contributed by atoms with Crippen LogP contribution in [0.15, 0.2) is 265 Å². The largest absolute Gasteiger partial charge is 0.455 e. The molecule has 1 aromatic heterocycles. The quantitative estimate of drug-likeness (QED) is 0.151. The first-order valence-corrected chi connectivity index (χ1v) is 23.1. The van der Waals surface area contributed by atoms with Gasteiger partial charge in [0.15, 0.2) is 0 Å². The fourth-order valence-electron chi connectivity index (χ4n) is 11.1. The van der Waals surface area contributed by atoms with Crippen molar-refractivity contribution in [3.8, 4) is 44.5 Å². The van der Waals surface area contributed by atoms with Gasteiger partial charge in [-0.15, -0.1) is 0 Å². The normalized spacial score (nSPS) is 12.6. The van der Waals surface area contributed by atoms with E-state index in [1.807, 2.05) is 0 Å². The molecule has 1 aliphatic rings. The molecule has 0 fully saturated rings. The molecule has 12 aromatic rings. The molecule has 0 unspecified atom stereocenters. The first-order valence-electron chi connectivity index (χ1n) is 23.1. The second-order valence-corrected chi connectivity index (χ2v) is 17.5. The summed E-state index contributed by atoms with van der Waals surface area (Å²) in [5.41, 5.74) is 19.3. The molecule has 1 heterocycles. The summed E-state index contributed by atoms with van der Waals surface area (Å²) in [6, 6.07) is 94.8. The highest BCUT2D eigenvalue weighted by Crippen LogP contribution is 2.59. The number of benzene rings is 11. The van der Waals surface area contributed by atoms with Crippen LogP contribution in [0.5, 0.6) is 0 Å². The molecule has 2 nitrogen and oxygen atoms in total. The molecule has 13 rings (SSSR count). The maximum absolute atomic E-state index is 6.90. The average Bonchev–Trinajstić information content (AvgIpc) is 3.95. The highest BCUT2D eigenvalue weighted by molar-refractivity contribution is 6.22. The molecule has 2 heteroatoms. The monoisotopic (exact) mass is 853 g/mol. The molecule has 1 aliphatic carbocycles. The minimum absolute atomic E-state index is 0.497. The van der Waals surface area contributed by atoms with E-state index < -0.39 is 5.41 Å². The molecule has 0 aliphatic heterocycles. The molecule has 0 saturated carbocycles. The van der Waals surface area contributed by atoms with Crippen molar-refractivity contribution >= 4 is 49.8 Å². The van der Waals surface area contributed by atoms with Crippen molar-refractivity contribution in [3.05, 3.63) is 283 Å². The van der Waals surface area contributed by atoms with Gasteiger partial charge in [-0.25, -0.2) is 0 Å². The van der Waals surface area contributed by atoms with Crippen LogP contribution in [0, 0.1) is 0 Å². The molecular weight excluding hydrogens is 811 g/mol. The second kappa shape index (κ2) is 15.8. The Kier molecular flexibility index (Phi) is 9.11. The third kappa shape index (κ3) is 6.11. The van der Waals surface area contributed by atoms with Crippen LogP contribution in [-0.4, -0.2) is 0 Å². The first kappa shape index (κ1) is 38.7. The van der Waals surface area contributed by atoms with Crippen LogP contribution in [0.4, 0.5) is 17.1 Å². The van der Waals surface area contributed by atoms with Crippen LogP contribution in [0.25, 0.3) is 77.2 Å². The number of anilines is 3.